The number of hydrogen-bond acceptors (Lipinski definition) is 3. The van der Waals surface area contributed by atoms with Crippen LogP contribution < -0.4 is 11.1 Å². The Morgan fingerprint density at radius 3 is 2.75 bits per heavy atom. The van der Waals surface area contributed by atoms with Gasteiger partial charge in [0.05, 0.1) is 0 Å². The highest BCUT2D eigenvalue weighted by molar-refractivity contribution is 6.03. The molecule has 1 aromatic carbocycles. The van der Waals surface area contributed by atoms with E-state index < -0.39 is 0 Å². The van der Waals surface area contributed by atoms with Gasteiger partial charge in [0.15, 0.2) is 0 Å². The number of hydrogen-bond donors (Lipinski definition) is 2. The summed E-state index contributed by atoms with van der Waals surface area (Å²) in [6.45, 7) is 0. The molecule has 0 atom stereocenters. The summed E-state index contributed by atoms with van der Waals surface area (Å²) in [7, 11) is 1.35. The summed E-state index contributed by atoms with van der Waals surface area (Å²) < 4.78 is 0. The van der Waals surface area contributed by atoms with Crippen LogP contribution in [0.15, 0.2) is 41.6 Å². The topological polar surface area (TPSA) is 76.7 Å². The Bertz CT molecular complexity index is 399. The second-order valence-electron chi connectivity index (χ2n) is 2.89. The zero-order valence-electron chi connectivity index (χ0n) is 8.88. The van der Waals surface area contributed by atoms with E-state index in [9.17, 15) is 4.79 Å². The van der Waals surface area contributed by atoms with Gasteiger partial charge in [-0.15, -0.1) is 0 Å². The number of guanidine groups is 1. The van der Waals surface area contributed by atoms with E-state index in [0.717, 1.165) is 5.56 Å². The van der Waals surface area contributed by atoms with E-state index in [1.165, 1.54) is 13.2 Å². The maximum absolute atomic E-state index is 11.3. The van der Waals surface area contributed by atoms with Crippen molar-refractivity contribution in [1.82, 2.24) is 5.32 Å². The highest BCUT2D eigenvalue weighted by atomic mass is 16.6. The van der Waals surface area contributed by atoms with E-state index in [-0.39, 0.29) is 11.9 Å². The Labute approximate surface area is 93.6 Å². The molecule has 0 bridgehead atoms. The van der Waals surface area contributed by atoms with Crippen LogP contribution in [0.1, 0.15) is 5.56 Å². The molecule has 0 saturated heterocycles. The first kappa shape index (κ1) is 11.8. The zero-order valence-corrected chi connectivity index (χ0v) is 8.88. The molecule has 0 unspecified atom stereocenters. The number of benzene rings is 1. The fourth-order valence-electron chi connectivity index (χ4n) is 1.03. The third-order valence-corrected chi connectivity index (χ3v) is 1.67. The lowest BCUT2D eigenvalue weighted by atomic mass is 10.2. The van der Waals surface area contributed by atoms with Crippen LogP contribution in [-0.4, -0.2) is 19.0 Å². The Morgan fingerprint density at radius 2 is 2.12 bits per heavy atom. The summed E-state index contributed by atoms with van der Waals surface area (Å²) in [4.78, 5) is 15.7. The number of carbonyl (C=O) groups is 1. The normalized spacial score (nSPS) is 11.4. The number of rotatable bonds is 3. The second kappa shape index (κ2) is 6.23. The average Bonchev–Trinajstić information content (AvgIpc) is 2.28. The number of oxime groups is 1. The molecule has 16 heavy (non-hydrogen) atoms. The predicted molar refractivity (Wildman–Crippen MR) is 62.3 cm³/mol. The minimum absolute atomic E-state index is 0.0785. The summed E-state index contributed by atoms with van der Waals surface area (Å²) in [5, 5.41) is 5.68. The van der Waals surface area contributed by atoms with E-state index in [1.807, 2.05) is 30.3 Å². The molecule has 0 aliphatic heterocycles. The fraction of sp³-hybridized carbons (Fsp3) is 0.0909. The number of amides is 1. The monoisotopic (exact) mass is 219 g/mol. The maximum atomic E-state index is 11.3. The first-order valence-corrected chi connectivity index (χ1v) is 4.63. The number of nitrogens with two attached hydrogens (primary N) is 1. The van der Waals surface area contributed by atoms with Gasteiger partial charge in [0.2, 0.25) is 5.96 Å². The molecule has 0 spiro atoms. The summed E-state index contributed by atoms with van der Waals surface area (Å²) in [5.41, 5.74) is 6.24. The molecule has 5 heteroatoms. The van der Waals surface area contributed by atoms with Crippen LogP contribution in [-0.2, 0) is 9.63 Å². The Hall–Kier alpha value is -2.30. The Morgan fingerprint density at radius 1 is 1.44 bits per heavy atom. The molecule has 5 nitrogen and oxygen atoms in total. The molecule has 0 heterocycles. The van der Waals surface area contributed by atoms with Crippen molar-refractivity contribution in [3.8, 4) is 0 Å². The first-order valence-electron chi connectivity index (χ1n) is 4.63. The zero-order chi connectivity index (χ0) is 11.8. The van der Waals surface area contributed by atoms with Gasteiger partial charge in [-0.1, -0.05) is 30.3 Å². The first-order chi connectivity index (χ1) is 7.72. The molecule has 1 rings (SSSR count). The average molecular weight is 219 g/mol. The molecular formula is C11H13N3O2. The van der Waals surface area contributed by atoms with E-state index in [0.29, 0.717) is 0 Å². The van der Waals surface area contributed by atoms with E-state index in [2.05, 4.69) is 15.3 Å². The lowest BCUT2D eigenvalue weighted by molar-refractivity contribution is -0.115. The third-order valence-electron chi connectivity index (χ3n) is 1.67. The van der Waals surface area contributed by atoms with Gasteiger partial charge in [0.1, 0.15) is 7.11 Å². The van der Waals surface area contributed by atoms with Crippen molar-refractivity contribution in [2.75, 3.05) is 7.11 Å². The van der Waals surface area contributed by atoms with E-state index in [4.69, 9.17) is 5.73 Å². The largest absolute Gasteiger partial charge is 0.396 e. The number of nitrogens with one attached hydrogen (secondary N) is 1. The van der Waals surface area contributed by atoms with Crippen LogP contribution in [0.3, 0.4) is 0 Å². The van der Waals surface area contributed by atoms with E-state index >= 15 is 0 Å². The second-order valence-corrected chi connectivity index (χ2v) is 2.89. The SMILES string of the molecule is CON=C(N)NC(=O)C=Cc1ccccc1. The molecule has 0 saturated carbocycles. The molecule has 1 amide bonds. The van der Waals surface area contributed by atoms with Gasteiger partial charge in [-0.05, 0) is 16.8 Å². The molecule has 84 valence electrons. The summed E-state index contributed by atoms with van der Waals surface area (Å²) in [5.74, 6) is -0.438. The van der Waals surface area contributed by atoms with Gasteiger partial charge in [0, 0.05) is 6.08 Å². The minimum Gasteiger partial charge on any atom is -0.396 e. The molecule has 0 radical (unpaired) electrons. The highest BCUT2D eigenvalue weighted by Gasteiger charge is 1.97. The van der Waals surface area contributed by atoms with Gasteiger partial charge >= 0.3 is 0 Å². The molecule has 0 fully saturated rings. The van der Waals surface area contributed by atoms with Crippen LogP contribution in [0.5, 0.6) is 0 Å². The van der Waals surface area contributed by atoms with Gasteiger partial charge in [-0.2, -0.15) is 0 Å². The van der Waals surface area contributed by atoms with Gasteiger partial charge in [-0.25, -0.2) is 0 Å². The molecule has 0 aromatic heterocycles. The van der Waals surface area contributed by atoms with Crippen LogP contribution in [0, 0.1) is 0 Å². The quantitative estimate of drug-likeness (QED) is 0.340. The van der Waals surface area contributed by atoms with Crippen LogP contribution >= 0.6 is 0 Å². The summed E-state index contributed by atoms with van der Waals surface area (Å²) in [6, 6.07) is 9.45. The van der Waals surface area contributed by atoms with Gasteiger partial charge in [0.25, 0.3) is 5.91 Å². The van der Waals surface area contributed by atoms with Crippen molar-refractivity contribution < 1.29 is 9.63 Å². The lowest BCUT2D eigenvalue weighted by Crippen LogP contribution is -2.35. The van der Waals surface area contributed by atoms with Gasteiger partial charge < -0.3 is 10.6 Å². The summed E-state index contributed by atoms with van der Waals surface area (Å²) in [6.07, 6.45) is 3.04. The number of nitrogens with zero attached hydrogens (tertiary/aromatic N) is 1. The van der Waals surface area contributed by atoms with Crippen molar-refractivity contribution in [3.63, 3.8) is 0 Å². The Kier molecular flexibility index (Phi) is 4.59. The maximum Gasteiger partial charge on any atom is 0.250 e. The lowest BCUT2D eigenvalue weighted by Gasteiger charge is -1.98. The molecular weight excluding hydrogens is 206 g/mol. The molecule has 1 aromatic rings. The van der Waals surface area contributed by atoms with Gasteiger partial charge in [-0.3, -0.25) is 10.1 Å². The third kappa shape index (κ3) is 4.28. The molecule has 0 aliphatic carbocycles. The minimum atomic E-state index is -0.359. The smallest absolute Gasteiger partial charge is 0.250 e. The number of carbonyl (C=O) groups excluding carboxylic acids is 1. The van der Waals surface area contributed by atoms with E-state index in [1.54, 1.807) is 6.08 Å². The molecule has 3 N–H and O–H groups in total. The summed E-state index contributed by atoms with van der Waals surface area (Å²) >= 11 is 0. The van der Waals surface area contributed by atoms with Crippen molar-refractivity contribution in [1.29, 1.82) is 0 Å². The van der Waals surface area contributed by atoms with Crippen LogP contribution in [0.4, 0.5) is 0 Å². The fourth-order valence-corrected chi connectivity index (χ4v) is 1.03. The van der Waals surface area contributed by atoms with Crippen molar-refractivity contribution in [3.05, 3.63) is 42.0 Å². The highest BCUT2D eigenvalue weighted by Crippen LogP contribution is 2.00. The Balaban J connectivity index is 2.52. The van der Waals surface area contributed by atoms with Crippen molar-refractivity contribution in [2.24, 2.45) is 10.9 Å². The standard InChI is InChI=1S/C11H13N3O2/c1-16-14-11(12)13-10(15)8-7-9-5-3-2-4-6-9/h2-8H,1H3,(H3,12,13,14,15). The van der Waals surface area contributed by atoms with Crippen molar-refractivity contribution in [2.45, 2.75) is 0 Å². The van der Waals surface area contributed by atoms with Crippen LogP contribution in [0.2, 0.25) is 0 Å². The molecule has 0 aliphatic rings. The van der Waals surface area contributed by atoms with Crippen LogP contribution in [0.25, 0.3) is 6.08 Å². The predicted octanol–water partition coefficient (Wildman–Crippen LogP) is 0.692. The van der Waals surface area contributed by atoms with Crippen molar-refractivity contribution >= 4 is 17.9 Å².